The molecule has 0 saturated carbocycles. The van der Waals surface area contributed by atoms with E-state index in [1.54, 1.807) is 0 Å². The summed E-state index contributed by atoms with van der Waals surface area (Å²) in [7, 11) is 0. The highest BCUT2D eigenvalue weighted by molar-refractivity contribution is 5.31. The monoisotopic (exact) mass is 275 g/mol. The molecule has 2 unspecified atom stereocenters. The molecular formula is C14H20F3NO. The molecule has 0 bridgehead atoms. The fourth-order valence-corrected chi connectivity index (χ4v) is 2.23. The Balaban J connectivity index is 3.08. The van der Waals surface area contributed by atoms with Crippen LogP contribution in [0.25, 0.3) is 0 Å². The number of benzene rings is 1. The van der Waals surface area contributed by atoms with Gasteiger partial charge in [0.2, 0.25) is 0 Å². The summed E-state index contributed by atoms with van der Waals surface area (Å²) >= 11 is 0. The summed E-state index contributed by atoms with van der Waals surface area (Å²) < 4.78 is 38.7. The average molecular weight is 275 g/mol. The van der Waals surface area contributed by atoms with Gasteiger partial charge < -0.3 is 10.8 Å². The van der Waals surface area contributed by atoms with Crippen LogP contribution < -0.4 is 5.73 Å². The first-order valence-corrected chi connectivity index (χ1v) is 6.31. The maximum Gasteiger partial charge on any atom is 0.416 e. The van der Waals surface area contributed by atoms with Crippen LogP contribution in [0.1, 0.15) is 37.5 Å². The fraction of sp³-hybridized carbons (Fsp3) is 0.571. The van der Waals surface area contributed by atoms with Crippen LogP contribution in [-0.4, -0.2) is 11.7 Å². The molecule has 0 aliphatic carbocycles. The normalized spacial score (nSPS) is 15.6. The molecule has 5 heteroatoms. The first kappa shape index (κ1) is 16.0. The van der Waals surface area contributed by atoms with Crippen molar-refractivity contribution in [3.8, 4) is 0 Å². The third-order valence-electron chi connectivity index (χ3n) is 3.11. The van der Waals surface area contributed by atoms with Gasteiger partial charge in [0, 0.05) is 5.92 Å². The van der Waals surface area contributed by atoms with Crippen molar-refractivity contribution >= 4 is 0 Å². The van der Waals surface area contributed by atoms with Crippen molar-refractivity contribution in [2.75, 3.05) is 6.54 Å². The second kappa shape index (κ2) is 6.39. The summed E-state index contributed by atoms with van der Waals surface area (Å²) in [4.78, 5) is 0. The molecular weight excluding hydrogens is 255 g/mol. The highest BCUT2D eigenvalue weighted by Gasteiger charge is 2.36. The van der Waals surface area contributed by atoms with E-state index < -0.39 is 17.8 Å². The zero-order valence-electron chi connectivity index (χ0n) is 11.1. The van der Waals surface area contributed by atoms with E-state index in [4.69, 9.17) is 5.73 Å². The Morgan fingerprint density at radius 1 is 1.21 bits per heavy atom. The zero-order valence-corrected chi connectivity index (χ0v) is 11.1. The predicted molar refractivity (Wildman–Crippen MR) is 68.4 cm³/mol. The van der Waals surface area contributed by atoms with E-state index in [1.807, 2.05) is 13.8 Å². The molecule has 0 heterocycles. The Labute approximate surface area is 111 Å². The minimum Gasteiger partial charge on any atom is -0.388 e. The molecule has 0 saturated heterocycles. The van der Waals surface area contributed by atoms with Crippen LogP contribution in [0.2, 0.25) is 0 Å². The number of hydrogen-bond acceptors (Lipinski definition) is 2. The lowest BCUT2D eigenvalue weighted by molar-refractivity contribution is -0.139. The van der Waals surface area contributed by atoms with E-state index in [2.05, 4.69) is 0 Å². The number of aliphatic hydroxyl groups excluding tert-OH is 1. The van der Waals surface area contributed by atoms with Gasteiger partial charge >= 0.3 is 6.18 Å². The minimum atomic E-state index is -4.46. The number of alkyl halides is 3. The molecule has 108 valence electrons. The maximum absolute atomic E-state index is 12.9. The number of aliphatic hydroxyl groups is 1. The molecule has 1 aromatic rings. The quantitative estimate of drug-likeness (QED) is 0.865. The summed E-state index contributed by atoms with van der Waals surface area (Å²) in [6, 6.07) is 5.12. The standard InChI is InChI=1S/C14H20F3NO/c1-9(2)7-10(8-18)13(19)11-5-3-4-6-12(11)14(15,16)17/h3-6,9-10,13,19H,7-8,18H2,1-2H3. The maximum atomic E-state index is 12.9. The van der Waals surface area contributed by atoms with Crippen LogP contribution in [0, 0.1) is 11.8 Å². The highest BCUT2D eigenvalue weighted by Crippen LogP contribution is 2.37. The molecule has 0 spiro atoms. The van der Waals surface area contributed by atoms with E-state index in [0.717, 1.165) is 6.07 Å². The lowest BCUT2D eigenvalue weighted by Crippen LogP contribution is -2.25. The van der Waals surface area contributed by atoms with Crippen LogP contribution in [0.15, 0.2) is 24.3 Å². The SMILES string of the molecule is CC(C)CC(CN)C(O)c1ccccc1C(F)(F)F. The molecule has 1 aromatic carbocycles. The minimum absolute atomic E-state index is 0.0916. The summed E-state index contributed by atoms with van der Waals surface area (Å²) in [6.07, 6.45) is -5.07. The topological polar surface area (TPSA) is 46.2 Å². The van der Waals surface area contributed by atoms with E-state index in [9.17, 15) is 18.3 Å². The van der Waals surface area contributed by atoms with Gasteiger partial charge in [-0.15, -0.1) is 0 Å². The lowest BCUT2D eigenvalue weighted by Gasteiger charge is -2.25. The molecule has 0 fully saturated rings. The van der Waals surface area contributed by atoms with Crippen molar-refractivity contribution in [3.63, 3.8) is 0 Å². The third kappa shape index (κ3) is 4.21. The van der Waals surface area contributed by atoms with E-state index in [-0.39, 0.29) is 23.9 Å². The first-order chi connectivity index (χ1) is 8.77. The molecule has 2 atom stereocenters. The van der Waals surface area contributed by atoms with E-state index in [0.29, 0.717) is 6.42 Å². The molecule has 1 rings (SSSR count). The summed E-state index contributed by atoms with van der Waals surface area (Å²) in [6.45, 7) is 4.06. The summed E-state index contributed by atoms with van der Waals surface area (Å²) in [5.41, 5.74) is 4.70. The Kier molecular flexibility index (Phi) is 5.38. The summed E-state index contributed by atoms with van der Waals surface area (Å²) in [5.74, 6) is -0.107. The molecule has 3 N–H and O–H groups in total. The second-order valence-electron chi connectivity index (χ2n) is 5.16. The van der Waals surface area contributed by atoms with E-state index in [1.165, 1.54) is 18.2 Å². The van der Waals surface area contributed by atoms with Gasteiger partial charge in [-0.3, -0.25) is 0 Å². The predicted octanol–water partition coefficient (Wildman–Crippen LogP) is 3.36. The van der Waals surface area contributed by atoms with Crippen molar-refractivity contribution in [3.05, 3.63) is 35.4 Å². The van der Waals surface area contributed by atoms with Gasteiger partial charge in [-0.25, -0.2) is 0 Å². The summed E-state index contributed by atoms with van der Waals surface area (Å²) in [5, 5.41) is 10.2. The van der Waals surface area contributed by atoms with Crippen molar-refractivity contribution in [2.45, 2.75) is 32.5 Å². The van der Waals surface area contributed by atoms with Crippen molar-refractivity contribution < 1.29 is 18.3 Å². The Hall–Kier alpha value is -1.07. The van der Waals surface area contributed by atoms with Crippen molar-refractivity contribution in [2.24, 2.45) is 17.6 Å². The second-order valence-corrected chi connectivity index (χ2v) is 5.16. The zero-order chi connectivity index (χ0) is 14.6. The van der Waals surface area contributed by atoms with Gasteiger partial charge in [0.05, 0.1) is 11.7 Å². The van der Waals surface area contributed by atoms with Crippen molar-refractivity contribution in [1.29, 1.82) is 0 Å². The van der Waals surface area contributed by atoms with Crippen LogP contribution >= 0.6 is 0 Å². The number of halogens is 3. The van der Waals surface area contributed by atoms with Gasteiger partial charge in [-0.2, -0.15) is 13.2 Å². The van der Waals surface area contributed by atoms with Crippen LogP contribution in [0.5, 0.6) is 0 Å². The molecule has 0 amide bonds. The van der Waals surface area contributed by atoms with Crippen LogP contribution in [0.3, 0.4) is 0 Å². The Morgan fingerprint density at radius 3 is 2.26 bits per heavy atom. The van der Waals surface area contributed by atoms with Crippen molar-refractivity contribution in [1.82, 2.24) is 0 Å². The Morgan fingerprint density at radius 2 is 1.79 bits per heavy atom. The molecule has 0 aliphatic heterocycles. The lowest BCUT2D eigenvalue weighted by atomic mass is 9.86. The van der Waals surface area contributed by atoms with Gasteiger partial charge in [-0.05, 0) is 30.5 Å². The van der Waals surface area contributed by atoms with Gasteiger partial charge in [0.1, 0.15) is 0 Å². The molecule has 0 aliphatic rings. The third-order valence-corrected chi connectivity index (χ3v) is 3.11. The Bertz CT molecular complexity index is 404. The van der Waals surface area contributed by atoms with Crippen LogP contribution in [-0.2, 0) is 6.18 Å². The number of rotatable bonds is 5. The van der Waals surface area contributed by atoms with Crippen LogP contribution in [0.4, 0.5) is 13.2 Å². The molecule has 19 heavy (non-hydrogen) atoms. The van der Waals surface area contributed by atoms with Gasteiger partial charge in [-0.1, -0.05) is 32.0 Å². The molecule has 2 nitrogen and oxygen atoms in total. The fourth-order valence-electron chi connectivity index (χ4n) is 2.23. The largest absolute Gasteiger partial charge is 0.416 e. The first-order valence-electron chi connectivity index (χ1n) is 6.31. The molecule has 0 radical (unpaired) electrons. The smallest absolute Gasteiger partial charge is 0.388 e. The van der Waals surface area contributed by atoms with Gasteiger partial charge in [0.25, 0.3) is 0 Å². The average Bonchev–Trinajstić information content (AvgIpc) is 2.34. The highest BCUT2D eigenvalue weighted by atomic mass is 19.4. The van der Waals surface area contributed by atoms with E-state index >= 15 is 0 Å². The molecule has 0 aromatic heterocycles. The number of nitrogens with two attached hydrogens (primary N) is 1. The van der Waals surface area contributed by atoms with Gasteiger partial charge in [0.15, 0.2) is 0 Å². The number of hydrogen-bond donors (Lipinski definition) is 2.